The van der Waals surface area contributed by atoms with Crippen LogP contribution in [0.1, 0.15) is 84.0 Å². The number of aromatic nitrogens is 4. The third-order valence-corrected chi connectivity index (χ3v) is 9.36. The van der Waals surface area contributed by atoms with Gasteiger partial charge in [0.15, 0.2) is 0 Å². The van der Waals surface area contributed by atoms with Crippen molar-refractivity contribution in [2.75, 3.05) is 20.2 Å². The number of nitrogens with one attached hydrogen (secondary N) is 3. The van der Waals surface area contributed by atoms with Gasteiger partial charge in [0.2, 0.25) is 5.91 Å². The highest BCUT2D eigenvalue weighted by atomic mass is 16.6. The maximum atomic E-state index is 13.5. The summed E-state index contributed by atoms with van der Waals surface area (Å²) in [6, 6.07) is 15.6. The lowest BCUT2D eigenvalue weighted by Crippen LogP contribution is -2.51. The van der Waals surface area contributed by atoms with Crippen LogP contribution in [0.25, 0.3) is 33.6 Å². The summed E-state index contributed by atoms with van der Waals surface area (Å²) in [6.07, 6.45) is 6.11. The molecule has 2 saturated heterocycles. The first-order chi connectivity index (χ1) is 23.9. The molecule has 12 nitrogen and oxygen atoms in total. The van der Waals surface area contributed by atoms with Crippen molar-refractivity contribution in [3.8, 4) is 33.6 Å². The molecule has 0 bridgehead atoms. The van der Waals surface area contributed by atoms with Crippen molar-refractivity contribution in [2.45, 2.75) is 84.0 Å². The Morgan fingerprint density at radius 2 is 1.24 bits per heavy atom. The Balaban J connectivity index is 1.11. The van der Waals surface area contributed by atoms with Gasteiger partial charge in [-0.3, -0.25) is 9.69 Å². The van der Waals surface area contributed by atoms with Crippen LogP contribution in [0.4, 0.5) is 9.59 Å². The van der Waals surface area contributed by atoms with Crippen LogP contribution >= 0.6 is 0 Å². The zero-order chi connectivity index (χ0) is 35.6. The average molecular weight is 682 g/mol. The van der Waals surface area contributed by atoms with Gasteiger partial charge in [0.1, 0.15) is 23.3 Å². The van der Waals surface area contributed by atoms with E-state index in [0.29, 0.717) is 13.1 Å². The van der Waals surface area contributed by atoms with Gasteiger partial charge < -0.3 is 29.7 Å². The molecular weight excluding hydrogens is 634 g/mol. The highest BCUT2D eigenvalue weighted by Crippen LogP contribution is 2.35. The minimum absolute atomic E-state index is 0.0941. The van der Waals surface area contributed by atoms with Gasteiger partial charge in [0.05, 0.1) is 43.0 Å². The second-order valence-corrected chi connectivity index (χ2v) is 14.4. The predicted molar refractivity (Wildman–Crippen MR) is 190 cm³/mol. The molecule has 3 N–H and O–H groups in total. The molecule has 0 spiro atoms. The third-order valence-electron chi connectivity index (χ3n) is 9.36. The fraction of sp³-hybridized carbons (Fsp3) is 0.447. The maximum Gasteiger partial charge on any atom is 0.410 e. The van der Waals surface area contributed by atoms with Crippen molar-refractivity contribution in [2.24, 2.45) is 5.92 Å². The largest absolute Gasteiger partial charge is 0.453 e. The van der Waals surface area contributed by atoms with Crippen LogP contribution in [0.15, 0.2) is 60.9 Å². The molecule has 0 unspecified atom stereocenters. The molecule has 0 radical (unpaired) electrons. The van der Waals surface area contributed by atoms with Crippen LogP contribution in [0, 0.1) is 5.92 Å². The SMILES string of the molecule is COC(=O)N[C@H](C(=O)N1CCC[C@H]1c1ncc(-c2ccc(-c3ccc(-c4cnc([C@@H]5CCCN5C(=O)OC(C)(C)C)[nH]4)cc3)cc2)[nH]1)C(C)C. The van der Waals surface area contributed by atoms with E-state index in [1.165, 1.54) is 7.11 Å². The van der Waals surface area contributed by atoms with Crippen molar-refractivity contribution < 1.29 is 23.9 Å². The first-order valence-corrected chi connectivity index (χ1v) is 17.4. The van der Waals surface area contributed by atoms with Crippen molar-refractivity contribution >= 4 is 18.1 Å². The molecule has 264 valence electrons. The van der Waals surface area contributed by atoms with Gasteiger partial charge in [0, 0.05) is 13.1 Å². The molecule has 12 heteroatoms. The van der Waals surface area contributed by atoms with E-state index in [1.807, 2.05) is 51.9 Å². The number of imidazole rings is 2. The Kier molecular flexibility index (Phi) is 9.99. The minimum Gasteiger partial charge on any atom is -0.453 e. The molecule has 2 aromatic heterocycles. The van der Waals surface area contributed by atoms with Crippen molar-refractivity contribution in [3.63, 3.8) is 0 Å². The number of methoxy groups -OCH3 is 1. The smallest absolute Gasteiger partial charge is 0.410 e. The van der Waals surface area contributed by atoms with Crippen LogP contribution in [0.3, 0.4) is 0 Å². The molecule has 2 aromatic carbocycles. The summed E-state index contributed by atoms with van der Waals surface area (Å²) in [4.78, 5) is 58.0. The lowest BCUT2D eigenvalue weighted by molar-refractivity contribution is -0.135. The van der Waals surface area contributed by atoms with Crippen LogP contribution in [0.2, 0.25) is 0 Å². The number of aromatic amines is 2. The van der Waals surface area contributed by atoms with Gasteiger partial charge in [-0.25, -0.2) is 19.6 Å². The van der Waals surface area contributed by atoms with E-state index >= 15 is 0 Å². The van der Waals surface area contributed by atoms with Crippen molar-refractivity contribution in [1.82, 2.24) is 35.1 Å². The van der Waals surface area contributed by atoms with E-state index < -0.39 is 17.7 Å². The van der Waals surface area contributed by atoms with E-state index in [0.717, 1.165) is 71.0 Å². The number of hydrogen-bond acceptors (Lipinski definition) is 7. The number of likely N-dealkylation sites (tertiary alicyclic amines) is 2. The van der Waals surface area contributed by atoms with Crippen molar-refractivity contribution in [1.29, 1.82) is 0 Å². The van der Waals surface area contributed by atoms with Crippen LogP contribution in [-0.4, -0.2) is 79.7 Å². The first kappa shape index (κ1) is 34.7. The molecule has 2 fully saturated rings. The van der Waals surface area contributed by atoms with E-state index in [4.69, 9.17) is 9.47 Å². The highest BCUT2D eigenvalue weighted by molar-refractivity contribution is 5.86. The molecule has 3 atom stereocenters. The van der Waals surface area contributed by atoms with Gasteiger partial charge in [-0.1, -0.05) is 62.4 Å². The maximum absolute atomic E-state index is 13.5. The van der Waals surface area contributed by atoms with E-state index in [9.17, 15) is 14.4 Å². The Morgan fingerprint density at radius 1 is 0.780 bits per heavy atom. The summed E-state index contributed by atoms with van der Waals surface area (Å²) >= 11 is 0. The number of alkyl carbamates (subject to hydrolysis) is 1. The standard InChI is InChI=1S/C38H47N7O5/c1-23(2)32(43-36(47)49-6)35(46)44-19-7-9-30(44)33-39-21-28(41-33)26-15-11-24(12-16-26)25-13-17-27(18-14-25)29-22-40-34(42-29)31-10-8-20-45(31)37(48)50-38(3,4)5/h11-18,21-23,30-32H,7-10,19-20H2,1-6H3,(H,39,41)(H,40,42)(H,43,47)/t30-,31-,32-/m0/s1. The van der Waals surface area contributed by atoms with Crippen LogP contribution in [-0.2, 0) is 14.3 Å². The number of hydrogen-bond donors (Lipinski definition) is 3. The Bertz CT molecular complexity index is 1810. The summed E-state index contributed by atoms with van der Waals surface area (Å²) in [6.45, 7) is 10.7. The fourth-order valence-corrected chi connectivity index (χ4v) is 6.77. The number of nitrogens with zero attached hydrogens (tertiary/aromatic N) is 4. The number of ether oxygens (including phenoxy) is 2. The number of carbonyl (C=O) groups excluding carboxylic acids is 3. The van der Waals surface area contributed by atoms with E-state index in [1.54, 1.807) is 4.90 Å². The summed E-state index contributed by atoms with van der Waals surface area (Å²) in [7, 11) is 1.29. The molecule has 2 aliphatic heterocycles. The van der Waals surface area contributed by atoms with Crippen molar-refractivity contribution in [3.05, 3.63) is 72.6 Å². The molecule has 3 amide bonds. The van der Waals surface area contributed by atoms with Gasteiger partial charge in [-0.2, -0.15) is 0 Å². The normalized spacial score (nSPS) is 18.4. The number of amides is 3. The minimum atomic E-state index is -0.676. The number of carbonyl (C=O) groups is 3. The second kappa shape index (κ2) is 14.4. The Hall–Kier alpha value is -5.13. The number of rotatable bonds is 8. The van der Waals surface area contributed by atoms with Crippen LogP contribution in [0.5, 0.6) is 0 Å². The van der Waals surface area contributed by atoms with Gasteiger partial charge in [0.25, 0.3) is 0 Å². The van der Waals surface area contributed by atoms with E-state index in [2.05, 4.69) is 73.8 Å². The van der Waals surface area contributed by atoms with E-state index in [-0.39, 0.29) is 30.0 Å². The number of H-pyrrole nitrogens is 2. The molecular formula is C38H47N7O5. The van der Waals surface area contributed by atoms with Gasteiger partial charge >= 0.3 is 12.2 Å². The topological polar surface area (TPSA) is 146 Å². The fourth-order valence-electron chi connectivity index (χ4n) is 6.77. The molecule has 4 aromatic rings. The monoisotopic (exact) mass is 681 g/mol. The zero-order valence-electron chi connectivity index (χ0n) is 29.7. The lowest BCUT2D eigenvalue weighted by atomic mass is 10.0. The average Bonchev–Trinajstić information content (AvgIpc) is 3.92. The first-order valence-electron chi connectivity index (χ1n) is 17.4. The number of benzene rings is 2. The summed E-state index contributed by atoms with van der Waals surface area (Å²) in [5.41, 5.74) is 5.38. The molecule has 4 heterocycles. The van der Waals surface area contributed by atoms with Gasteiger partial charge in [-0.15, -0.1) is 0 Å². The quantitative estimate of drug-likeness (QED) is 0.178. The molecule has 2 aliphatic rings. The highest BCUT2D eigenvalue weighted by Gasteiger charge is 2.38. The molecule has 6 rings (SSSR count). The zero-order valence-corrected chi connectivity index (χ0v) is 29.7. The predicted octanol–water partition coefficient (Wildman–Crippen LogP) is 7.25. The van der Waals surface area contributed by atoms with Gasteiger partial charge in [-0.05, 0) is 74.6 Å². The summed E-state index contributed by atoms with van der Waals surface area (Å²) < 4.78 is 10.4. The molecule has 50 heavy (non-hydrogen) atoms. The summed E-state index contributed by atoms with van der Waals surface area (Å²) in [5.74, 6) is 1.28. The second-order valence-electron chi connectivity index (χ2n) is 14.4. The van der Waals surface area contributed by atoms with Crippen LogP contribution < -0.4 is 5.32 Å². The molecule has 0 aliphatic carbocycles. The molecule has 0 saturated carbocycles. The Morgan fingerprint density at radius 3 is 1.70 bits per heavy atom. The third kappa shape index (κ3) is 7.54. The Labute approximate surface area is 293 Å². The summed E-state index contributed by atoms with van der Waals surface area (Å²) in [5, 5.41) is 2.69. The lowest BCUT2D eigenvalue weighted by Gasteiger charge is -2.30.